The Bertz CT molecular complexity index is 1190. The van der Waals surface area contributed by atoms with Crippen molar-refractivity contribution in [3.63, 3.8) is 0 Å². The number of nitrogens with one attached hydrogen (secondary N) is 1. The Morgan fingerprint density at radius 2 is 1.97 bits per heavy atom. The molecule has 3 atom stereocenters. The van der Waals surface area contributed by atoms with Crippen LogP contribution in [0.15, 0.2) is 53.9 Å². The summed E-state index contributed by atoms with van der Waals surface area (Å²) >= 11 is 1.35. The summed E-state index contributed by atoms with van der Waals surface area (Å²) in [7, 11) is 0. The number of aliphatic hydroxyl groups excluding tert-OH is 2. The number of thiazole rings is 1. The van der Waals surface area contributed by atoms with E-state index in [4.69, 9.17) is 0 Å². The highest BCUT2D eigenvalue weighted by atomic mass is 32.1. The van der Waals surface area contributed by atoms with Crippen LogP contribution in [-0.4, -0.2) is 50.7 Å². The van der Waals surface area contributed by atoms with Gasteiger partial charge in [-0.05, 0) is 48.6 Å². The molecule has 1 saturated heterocycles. The number of benzene rings is 2. The number of hydrogen-bond donors (Lipinski definition) is 3. The van der Waals surface area contributed by atoms with E-state index in [-0.39, 0.29) is 18.4 Å². The van der Waals surface area contributed by atoms with Crippen molar-refractivity contribution in [3.05, 3.63) is 87.1 Å². The molecule has 2 heterocycles. The molecule has 3 aromatic rings. The van der Waals surface area contributed by atoms with Gasteiger partial charge < -0.3 is 20.4 Å². The third kappa shape index (κ3) is 5.93. The van der Waals surface area contributed by atoms with E-state index >= 15 is 0 Å². The molecule has 1 fully saturated rings. The number of likely N-dealkylation sites (tertiary alicyclic amines) is 1. The van der Waals surface area contributed by atoms with E-state index in [2.05, 4.69) is 10.3 Å². The summed E-state index contributed by atoms with van der Waals surface area (Å²) in [5.41, 5.74) is 3.53. The third-order valence-electron chi connectivity index (χ3n) is 6.23. The first-order valence-corrected chi connectivity index (χ1v) is 12.4. The lowest BCUT2D eigenvalue weighted by Crippen LogP contribution is -2.50. The van der Waals surface area contributed by atoms with E-state index in [9.17, 15) is 24.2 Å². The fourth-order valence-corrected chi connectivity index (χ4v) is 5.07. The van der Waals surface area contributed by atoms with E-state index in [0.29, 0.717) is 18.0 Å². The van der Waals surface area contributed by atoms with Crippen LogP contribution in [0.25, 0.3) is 0 Å². The molecule has 9 heteroatoms. The molecule has 0 spiro atoms. The highest BCUT2D eigenvalue weighted by Crippen LogP contribution is 2.32. The minimum absolute atomic E-state index is 0.0558. The van der Waals surface area contributed by atoms with Crippen LogP contribution in [0.5, 0.6) is 0 Å². The number of nitrogens with zero attached hydrogens (tertiary/aromatic N) is 2. The van der Waals surface area contributed by atoms with E-state index in [1.165, 1.54) is 28.4 Å². The van der Waals surface area contributed by atoms with E-state index in [1.54, 1.807) is 6.07 Å². The number of halogens is 1. The zero-order valence-electron chi connectivity index (χ0n) is 19.4. The molecule has 1 aliphatic rings. The quantitative estimate of drug-likeness (QED) is 0.444. The van der Waals surface area contributed by atoms with Crippen LogP contribution in [0, 0.1) is 12.7 Å². The number of carbonyl (C=O) groups is 2. The fourth-order valence-electron chi connectivity index (χ4n) is 4.33. The first kappa shape index (κ1) is 25.0. The predicted octanol–water partition coefficient (Wildman–Crippen LogP) is 2.88. The molecule has 1 unspecified atom stereocenters. The monoisotopic (exact) mass is 497 g/mol. The Morgan fingerprint density at radius 3 is 2.71 bits per heavy atom. The van der Waals surface area contributed by atoms with Crippen molar-refractivity contribution in [2.24, 2.45) is 0 Å². The summed E-state index contributed by atoms with van der Waals surface area (Å²) in [5.74, 6) is -1.79. The van der Waals surface area contributed by atoms with Crippen molar-refractivity contribution >= 4 is 23.2 Å². The second kappa shape index (κ2) is 11.1. The van der Waals surface area contributed by atoms with Gasteiger partial charge >= 0.3 is 0 Å². The van der Waals surface area contributed by atoms with E-state index in [1.807, 2.05) is 42.6 Å². The van der Waals surface area contributed by atoms with Crippen molar-refractivity contribution in [1.29, 1.82) is 0 Å². The molecule has 2 aromatic carbocycles. The number of aryl methyl sites for hydroxylation is 1. The molecule has 184 valence electrons. The SMILES string of the molecule is Cc1cc(F)ccc1Cc1csc(CNC(=O)[C@H](O)[C@@H](O)C(=O)N2CCCC2c2ccccc2)n1. The number of hydrogen-bond acceptors (Lipinski definition) is 6. The molecular weight excluding hydrogens is 469 g/mol. The summed E-state index contributed by atoms with van der Waals surface area (Å²) in [6, 6.07) is 13.9. The number of amides is 2. The van der Waals surface area contributed by atoms with Gasteiger partial charge in [0.15, 0.2) is 12.2 Å². The maximum Gasteiger partial charge on any atom is 0.255 e. The molecule has 0 bridgehead atoms. The van der Waals surface area contributed by atoms with Gasteiger partial charge in [0.05, 0.1) is 18.3 Å². The Morgan fingerprint density at radius 1 is 1.20 bits per heavy atom. The highest BCUT2D eigenvalue weighted by Gasteiger charge is 2.38. The van der Waals surface area contributed by atoms with Crippen LogP contribution in [0.4, 0.5) is 4.39 Å². The maximum atomic E-state index is 13.3. The van der Waals surface area contributed by atoms with Gasteiger partial charge in [0.2, 0.25) is 0 Å². The first-order valence-electron chi connectivity index (χ1n) is 11.5. The Kier molecular flexibility index (Phi) is 7.90. The maximum absolute atomic E-state index is 13.3. The van der Waals surface area contributed by atoms with E-state index < -0.39 is 24.0 Å². The molecule has 1 aliphatic heterocycles. The largest absolute Gasteiger partial charge is 0.380 e. The summed E-state index contributed by atoms with van der Waals surface area (Å²) in [6.45, 7) is 2.35. The second-order valence-electron chi connectivity index (χ2n) is 8.69. The lowest BCUT2D eigenvalue weighted by atomic mass is 10.0. The van der Waals surface area contributed by atoms with Crippen LogP contribution >= 0.6 is 11.3 Å². The van der Waals surface area contributed by atoms with Gasteiger partial charge in [-0.15, -0.1) is 11.3 Å². The minimum Gasteiger partial charge on any atom is -0.380 e. The van der Waals surface area contributed by atoms with Gasteiger partial charge in [0, 0.05) is 18.3 Å². The molecule has 35 heavy (non-hydrogen) atoms. The fraction of sp³-hybridized carbons (Fsp3) is 0.346. The summed E-state index contributed by atoms with van der Waals surface area (Å²) in [5, 5.41) is 25.8. The van der Waals surface area contributed by atoms with Crippen LogP contribution in [-0.2, 0) is 22.6 Å². The molecule has 0 aliphatic carbocycles. The molecular formula is C26H28FN3O4S. The molecule has 0 saturated carbocycles. The van der Waals surface area contributed by atoms with Gasteiger partial charge in [0.1, 0.15) is 10.8 Å². The van der Waals surface area contributed by atoms with Crippen molar-refractivity contribution in [2.75, 3.05) is 6.54 Å². The number of carbonyl (C=O) groups excluding carboxylic acids is 2. The average Bonchev–Trinajstić information content (AvgIpc) is 3.53. The number of aromatic nitrogens is 1. The summed E-state index contributed by atoms with van der Waals surface area (Å²) in [4.78, 5) is 31.3. The van der Waals surface area contributed by atoms with Gasteiger partial charge in [-0.25, -0.2) is 9.37 Å². The Hall–Kier alpha value is -3.14. The van der Waals surface area contributed by atoms with Crippen molar-refractivity contribution in [1.82, 2.24) is 15.2 Å². The minimum atomic E-state index is -1.89. The third-order valence-corrected chi connectivity index (χ3v) is 7.13. The molecule has 2 amide bonds. The molecule has 0 radical (unpaired) electrons. The van der Waals surface area contributed by atoms with Gasteiger partial charge in [0.25, 0.3) is 11.8 Å². The second-order valence-corrected chi connectivity index (χ2v) is 9.63. The topological polar surface area (TPSA) is 103 Å². The van der Waals surface area contributed by atoms with Crippen molar-refractivity contribution < 1.29 is 24.2 Å². The summed E-state index contributed by atoms with van der Waals surface area (Å²) in [6.07, 6.45) is -1.67. The molecule has 7 nitrogen and oxygen atoms in total. The Balaban J connectivity index is 1.31. The summed E-state index contributed by atoms with van der Waals surface area (Å²) < 4.78 is 13.3. The Labute approximate surface area is 207 Å². The van der Waals surface area contributed by atoms with Crippen LogP contribution in [0.1, 0.15) is 46.3 Å². The van der Waals surface area contributed by atoms with Crippen LogP contribution in [0.2, 0.25) is 0 Å². The van der Waals surface area contributed by atoms with Gasteiger partial charge in [-0.1, -0.05) is 36.4 Å². The van der Waals surface area contributed by atoms with E-state index in [0.717, 1.165) is 35.2 Å². The lowest BCUT2D eigenvalue weighted by Gasteiger charge is -2.28. The molecule has 3 N–H and O–H groups in total. The first-order chi connectivity index (χ1) is 16.8. The zero-order chi connectivity index (χ0) is 24.9. The lowest BCUT2D eigenvalue weighted by molar-refractivity contribution is -0.153. The van der Waals surface area contributed by atoms with Gasteiger partial charge in [-0.3, -0.25) is 9.59 Å². The van der Waals surface area contributed by atoms with Crippen molar-refractivity contribution in [3.8, 4) is 0 Å². The zero-order valence-corrected chi connectivity index (χ0v) is 20.2. The highest BCUT2D eigenvalue weighted by molar-refractivity contribution is 7.09. The molecule has 4 rings (SSSR count). The standard InChI is InChI=1S/C26H28FN3O4S/c1-16-12-19(27)10-9-18(16)13-20-15-35-22(29-20)14-28-25(33)23(31)24(32)26(34)30-11-5-8-21(30)17-6-3-2-4-7-17/h2-4,6-7,9-10,12,15,21,23-24,31-32H,5,8,11,13-14H2,1H3,(H,28,33)/t21?,23-,24-/m1/s1. The van der Waals surface area contributed by atoms with Crippen LogP contribution in [0.3, 0.4) is 0 Å². The number of rotatable bonds is 8. The molecule has 1 aromatic heterocycles. The average molecular weight is 498 g/mol. The smallest absolute Gasteiger partial charge is 0.255 e. The van der Waals surface area contributed by atoms with Crippen molar-refractivity contribution in [2.45, 2.75) is 51.0 Å². The normalized spacial score (nSPS) is 17.3. The number of aliphatic hydroxyl groups is 2. The van der Waals surface area contributed by atoms with Gasteiger partial charge in [-0.2, -0.15) is 0 Å². The van der Waals surface area contributed by atoms with Crippen LogP contribution < -0.4 is 5.32 Å². The predicted molar refractivity (Wildman–Crippen MR) is 130 cm³/mol.